The summed E-state index contributed by atoms with van der Waals surface area (Å²) in [7, 11) is 1.51. The van der Waals surface area contributed by atoms with Crippen LogP contribution in [0.4, 0.5) is 0 Å². The number of ketones is 2. The van der Waals surface area contributed by atoms with E-state index < -0.39 is 0 Å². The van der Waals surface area contributed by atoms with Gasteiger partial charge in [0.1, 0.15) is 12.4 Å². The quantitative estimate of drug-likeness (QED) is 0.659. The fraction of sp³-hybridized carbons (Fsp3) is 0.800. The van der Waals surface area contributed by atoms with Crippen molar-refractivity contribution in [3.05, 3.63) is 0 Å². The van der Waals surface area contributed by atoms with Gasteiger partial charge >= 0.3 is 0 Å². The van der Waals surface area contributed by atoms with Crippen LogP contribution in [0.3, 0.4) is 0 Å². The Labute approximate surface area is 78.5 Å². The van der Waals surface area contributed by atoms with E-state index in [1.54, 1.807) is 0 Å². The Balaban J connectivity index is 2.57. The van der Waals surface area contributed by atoms with Crippen LogP contribution in [0.25, 0.3) is 0 Å². The molecule has 0 radical (unpaired) electrons. The van der Waals surface area contributed by atoms with E-state index in [0.717, 1.165) is 6.42 Å². The molecule has 3 heteroatoms. The summed E-state index contributed by atoms with van der Waals surface area (Å²) >= 11 is 0. The van der Waals surface area contributed by atoms with Crippen molar-refractivity contribution in [3.8, 4) is 0 Å². The Morgan fingerprint density at radius 1 is 1.54 bits per heavy atom. The lowest BCUT2D eigenvalue weighted by Gasteiger charge is -2.14. The first kappa shape index (κ1) is 10.4. The zero-order chi connectivity index (χ0) is 9.84. The lowest BCUT2D eigenvalue weighted by molar-refractivity contribution is -0.128. The van der Waals surface area contributed by atoms with Crippen LogP contribution in [-0.2, 0) is 14.3 Å². The zero-order valence-corrected chi connectivity index (χ0v) is 8.21. The number of carbonyl (C=O) groups is 2. The maximum Gasteiger partial charge on any atom is 0.162 e. The Hall–Kier alpha value is -0.700. The molecular formula is C10H16O3. The number of carbonyl (C=O) groups excluding carboxylic acids is 2. The molecule has 1 saturated carbocycles. The van der Waals surface area contributed by atoms with E-state index in [-0.39, 0.29) is 30.0 Å². The van der Waals surface area contributed by atoms with Gasteiger partial charge in [0, 0.05) is 25.9 Å². The third-order valence-electron chi connectivity index (χ3n) is 2.73. The van der Waals surface area contributed by atoms with Crippen molar-refractivity contribution in [1.82, 2.24) is 0 Å². The van der Waals surface area contributed by atoms with Crippen LogP contribution in [0.2, 0.25) is 0 Å². The third-order valence-corrected chi connectivity index (χ3v) is 2.73. The second kappa shape index (κ2) is 4.51. The molecule has 0 aromatic rings. The standard InChI is InChI=1S/C10H16O3/c1-3-7-4-8(11)5-9(7)10(12)6-13-2/h7,9H,3-6H2,1-2H3. The van der Waals surface area contributed by atoms with Crippen LogP contribution in [0.5, 0.6) is 0 Å². The van der Waals surface area contributed by atoms with E-state index in [9.17, 15) is 9.59 Å². The maximum atomic E-state index is 11.5. The predicted octanol–water partition coefficient (Wildman–Crippen LogP) is 1.21. The van der Waals surface area contributed by atoms with Gasteiger partial charge in [0.05, 0.1) is 0 Å². The summed E-state index contributed by atoms with van der Waals surface area (Å²) in [5, 5.41) is 0. The summed E-state index contributed by atoms with van der Waals surface area (Å²) in [5.74, 6) is 0.495. The molecule has 0 saturated heterocycles. The molecule has 0 amide bonds. The molecule has 1 rings (SSSR count). The summed E-state index contributed by atoms with van der Waals surface area (Å²) in [4.78, 5) is 22.6. The molecule has 0 heterocycles. The van der Waals surface area contributed by atoms with Crippen LogP contribution in [0.1, 0.15) is 26.2 Å². The first-order valence-electron chi connectivity index (χ1n) is 4.72. The Kier molecular flexibility index (Phi) is 3.60. The topological polar surface area (TPSA) is 43.4 Å². The van der Waals surface area contributed by atoms with Gasteiger partial charge in [0.25, 0.3) is 0 Å². The van der Waals surface area contributed by atoms with E-state index >= 15 is 0 Å². The molecular weight excluding hydrogens is 168 g/mol. The first-order valence-corrected chi connectivity index (χ1v) is 4.72. The summed E-state index contributed by atoms with van der Waals surface area (Å²) < 4.78 is 4.78. The van der Waals surface area contributed by atoms with Crippen LogP contribution in [0.15, 0.2) is 0 Å². The molecule has 2 atom stereocenters. The van der Waals surface area contributed by atoms with Gasteiger partial charge in [0.15, 0.2) is 5.78 Å². The van der Waals surface area contributed by atoms with E-state index in [4.69, 9.17) is 4.74 Å². The zero-order valence-electron chi connectivity index (χ0n) is 8.21. The molecule has 1 aliphatic carbocycles. The monoisotopic (exact) mass is 184 g/mol. The van der Waals surface area contributed by atoms with E-state index in [1.165, 1.54) is 7.11 Å². The van der Waals surface area contributed by atoms with Crippen molar-refractivity contribution < 1.29 is 14.3 Å². The number of Topliss-reactive ketones (excluding diaryl/α,β-unsaturated/α-hetero) is 2. The third kappa shape index (κ3) is 2.37. The summed E-state index contributed by atoms with van der Waals surface area (Å²) in [5.41, 5.74) is 0. The van der Waals surface area contributed by atoms with Gasteiger partial charge in [-0.1, -0.05) is 13.3 Å². The van der Waals surface area contributed by atoms with Gasteiger partial charge in [-0.25, -0.2) is 0 Å². The van der Waals surface area contributed by atoms with E-state index in [2.05, 4.69) is 0 Å². The first-order chi connectivity index (χ1) is 6.19. The second-order valence-corrected chi connectivity index (χ2v) is 3.62. The lowest BCUT2D eigenvalue weighted by atomic mass is 9.90. The Morgan fingerprint density at radius 3 is 2.77 bits per heavy atom. The molecule has 0 aromatic heterocycles. The van der Waals surface area contributed by atoms with Crippen LogP contribution < -0.4 is 0 Å². The van der Waals surface area contributed by atoms with Crippen LogP contribution in [-0.4, -0.2) is 25.3 Å². The molecule has 0 N–H and O–H groups in total. The highest BCUT2D eigenvalue weighted by molar-refractivity contribution is 5.92. The van der Waals surface area contributed by atoms with Gasteiger partial charge in [-0.15, -0.1) is 0 Å². The number of hydrogen-bond donors (Lipinski definition) is 0. The van der Waals surface area contributed by atoms with Gasteiger partial charge in [0.2, 0.25) is 0 Å². The van der Waals surface area contributed by atoms with E-state index in [1.807, 2.05) is 6.92 Å². The normalized spacial score (nSPS) is 28.0. The molecule has 2 unspecified atom stereocenters. The van der Waals surface area contributed by atoms with Gasteiger partial charge < -0.3 is 4.74 Å². The minimum atomic E-state index is -0.0718. The molecule has 13 heavy (non-hydrogen) atoms. The van der Waals surface area contributed by atoms with Crippen molar-refractivity contribution in [2.75, 3.05) is 13.7 Å². The average molecular weight is 184 g/mol. The molecule has 1 fully saturated rings. The van der Waals surface area contributed by atoms with E-state index in [0.29, 0.717) is 12.8 Å². The molecule has 0 aliphatic heterocycles. The Morgan fingerprint density at radius 2 is 2.23 bits per heavy atom. The molecule has 3 nitrogen and oxygen atoms in total. The molecule has 0 spiro atoms. The van der Waals surface area contributed by atoms with Crippen molar-refractivity contribution in [2.45, 2.75) is 26.2 Å². The fourth-order valence-corrected chi connectivity index (χ4v) is 1.98. The maximum absolute atomic E-state index is 11.5. The van der Waals surface area contributed by atoms with Gasteiger partial charge in [-0.2, -0.15) is 0 Å². The Bertz CT molecular complexity index is 210. The lowest BCUT2D eigenvalue weighted by Crippen LogP contribution is -2.22. The minimum absolute atomic E-state index is 0.0718. The average Bonchev–Trinajstić information content (AvgIpc) is 2.47. The number of rotatable bonds is 4. The molecule has 0 aromatic carbocycles. The highest BCUT2D eigenvalue weighted by Gasteiger charge is 2.35. The van der Waals surface area contributed by atoms with Gasteiger partial charge in [-0.05, 0) is 5.92 Å². The van der Waals surface area contributed by atoms with Crippen molar-refractivity contribution in [2.24, 2.45) is 11.8 Å². The van der Waals surface area contributed by atoms with Crippen molar-refractivity contribution in [3.63, 3.8) is 0 Å². The number of methoxy groups -OCH3 is 1. The number of hydrogen-bond acceptors (Lipinski definition) is 3. The highest BCUT2D eigenvalue weighted by Crippen LogP contribution is 2.32. The van der Waals surface area contributed by atoms with Gasteiger partial charge in [-0.3, -0.25) is 9.59 Å². The minimum Gasteiger partial charge on any atom is -0.377 e. The smallest absolute Gasteiger partial charge is 0.162 e. The molecule has 0 bridgehead atoms. The predicted molar refractivity (Wildman–Crippen MR) is 48.4 cm³/mol. The molecule has 1 aliphatic rings. The van der Waals surface area contributed by atoms with Crippen LogP contribution in [0, 0.1) is 11.8 Å². The SMILES string of the molecule is CCC1CC(=O)CC1C(=O)COC. The summed E-state index contributed by atoms with van der Waals surface area (Å²) in [6.45, 7) is 2.17. The summed E-state index contributed by atoms with van der Waals surface area (Å²) in [6, 6.07) is 0. The second-order valence-electron chi connectivity index (χ2n) is 3.62. The molecule has 74 valence electrons. The fourth-order valence-electron chi connectivity index (χ4n) is 1.98. The highest BCUT2D eigenvalue weighted by atomic mass is 16.5. The van der Waals surface area contributed by atoms with Crippen LogP contribution >= 0.6 is 0 Å². The van der Waals surface area contributed by atoms with Crippen molar-refractivity contribution >= 4 is 11.6 Å². The van der Waals surface area contributed by atoms with Crippen molar-refractivity contribution in [1.29, 1.82) is 0 Å². The summed E-state index contributed by atoms with van der Waals surface area (Å²) in [6.07, 6.45) is 1.92. The number of ether oxygens (including phenoxy) is 1. The largest absolute Gasteiger partial charge is 0.377 e.